The summed E-state index contributed by atoms with van der Waals surface area (Å²) in [5.74, 6) is -2.39. The summed E-state index contributed by atoms with van der Waals surface area (Å²) >= 11 is 0. The van der Waals surface area contributed by atoms with Gasteiger partial charge in [-0.05, 0) is 12.1 Å². The van der Waals surface area contributed by atoms with Gasteiger partial charge in [-0.15, -0.1) is 0 Å². The van der Waals surface area contributed by atoms with Crippen LogP contribution < -0.4 is 21.9 Å². The molecule has 13 heteroatoms. The van der Waals surface area contributed by atoms with E-state index in [9.17, 15) is 29.1 Å². The maximum atomic E-state index is 12.6. The first-order valence-electron chi connectivity index (χ1n) is 9.52. The Balaban J connectivity index is 1.85. The Morgan fingerprint density at radius 1 is 1.15 bits per heavy atom. The number of benzene rings is 1. The Kier molecular flexibility index (Phi) is 6.63. The van der Waals surface area contributed by atoms with Crippen molar-refractivity contribution in [2.75, 3.05) is 19.0 Å². The molecule has 0 saturated carbocycles. The number of amides is 2. The smallest absolute Gasteiger partial charge is 0.339 e. The SMILES string of the molecule is COC(=O)c1ccccc1NC(=O)[C@H](CO)NC(=O)c1cnc2c(n1)c(=O)n(C)c(=O)n2C. The molecule has 0 fully saturated rings. The molecule has 13 nitrogen and oxygen atoms in total. The lowest BCUT2D eigenvalue weighted by molar-refractivity contribution is -0.118. The molecule has 0 aliphatic carbocycles. The number of para-hydroxylation sites is 1. The first kappa shape index (κ1) is 23.3. The molecule has 0 aliphatic heterocycles. The van der Waals surface area contributed by atoms with Gasteiger partial charge in [-0.3, -0.25) is 23.5 Å². The molecule has 0 radical (unpaired) electrons. The average Bonchev–Trinajstić information content (AvgIpc) is 2.83. The Hall–Kier alpha value is -4.39. The standard InChI is InChI=1S/C20H20N6O7/c1-25-15-14(18(30)26(2)20(25)32)22-12(8-21-15)16(28)24-13(9-27)17(29)23-11-7-5-4-6-10(11)19(31)33-3/h4-8,13,27H,9H2,1-3H3,(H,23,29)(H,24,28)/t13-/m0/s1. The monoisotopic (exact) mass is 456 g/mol. The third-order valence-electron chi connectivity index (χ3n) is 4.78. The summed E-state index contributed by atoms with van der Waals surface area (Å²) in [5.41, 5.74) is -1.69. The largest absolute Gasteiger partial charge is 0.465 e. The van der Waals surface area contributed by atoms with Crippen molar-refractivity contribution in [3.63, 3.8) is 0 Å². The predicted octanol–water partition coefficient (Wildman–Crippen LogP) is -1.46. The molecule has 3 rings (SSSR count). The zero-order chi connectivity index (χ0) is 24.3. The number of methoxy groups -OCH3 is 1. The van der Waals surface area contributed by atoms with Gasteiger partial charge in [0, 0.05) is 14.1 Å². The van der Waals surface area contributed by atoms with E-state index in [4.69, 9.17) is 0 Å². The average molecular weight is 456 g/mol. The minimum atomic E-state index is -1.41. The van der Waals surface area contributed by atoms with E-state index < -0.39 is 41.7 Å². The molecule has 2 heterocycles. The number of nitrogens with one attached hydrogen (secondary N) is 2. The van der Waals surface area contributed by atoms with Crippen molar-refractivity contribution in [2.45, 2.75) is 6.04 Å². The van der Waals surface area contributed by atoms with E-state index in [1.54, 1.807) is 12.1 Å². The predicted molar refractivity (Wildman–Crippen MR) is 115 cm³/mol. The maximum Gasteiger partial charge on any atom is 0.339 e. The number of rotatable bonds is 6. The van der Waals surface area contributed by atoms with Crippen molar-refractivity contribution in [1.29, 1.82) is 0 Å². The van der Waals surface area contributed by atoms with Gasteiger partial charge < -0.3 is 20.5 Å². The van der Waals surface area contributed by atoms with Gasteiger partial charge in [-0.1, -0.05) is 12.1 Å². The van der Waals surface area contributed by atoms with E-state index in [0.717, 1.165) is 15.3 Å². The Bertz CT molecular complexity index is 1380. The van der Waals surface area contributed by atoms with Gasteiger partial charge in [0.2, 0.25) is 5.91 Å². The number of nitrogens with zero attached hydrogens (tertiary/aromatic N) is 4. The van der Waals surface area contributed by atoms with Crippen molar-refractivity contribution >= 4 is 34.6 Å². The topological polar surface area (TPSA) is 175 Å². The fourth-order valence-corrected chi connectivity index (χ4v) is 2.97. The number of fused-ring (bicyclic) bond motifs is 1. The number of aromatic nitrogens is 4. The number of anilines is 1. The van der Waals surface area contributed by atoms with E-state index >= 15 is 0 Å². The highest BCUT2D eigenvalue weighted by atomic mass is 16.5. The van der Waals surface area contributed by atoms with E-state index in [-0.39, 0.29) is 28.1 Å². The van der Waals surface area contributed by atoms with Crippen LogP contribution in [0.15, 0.2) is 40.1 Å². The number of carbonyl (C=O) groups is 3. The van der Waals surface area contributed by atoms with Crippen molar-refractivity contribution in [3.8, 4) is 0 Å². The minimum absolute atomic E-state index is 0.0180. The first-order valence-corrected chi connectivity index (χ1v) is 9.52. The molecule has 0 spiro atoms. The van der Waals surface area contributed by atoms with Crippen LogP contribution in [-0.4, -0.2) is 61.8 Å². The van der Waals surface area contributed by atoms with Gasteiger partial charge in [0.05, 0.1) is 31.2 Å². The molecule has 0 bridgehead atoms. The summed E-state index contributed by atoms with van der Waals surface area (Å²) in [5, 5.41) is 14.4. The molecule has 0 aliphatic rings. The summed E-state index contributed by atoms with van der Waals surface area (Å²) < 4.78 is 6.59. The zero-order valence-electron chi connectivity index (χ0n) is 17.9. The van der Waals surface area contributed by atoms with E-state index in [2.05, 4.69) is 25.3 Å². The number of carbonyl (C=O) groups excluding carboxylic acids is 3. The lowest BCUT2D eigenvalue weighted by atomic mass is 10.1. The number of esters is 1. The van der Waals surface area contributed by atoms with Crippen LogP contribution in [0.3, 0.4) is 0 Å². The van der Waals surface area contributed by atoms with E-state index in [1.165, 1.54) is 33.3 Å². The van der Waals surface area contributed by atoms with Crippen LogP contribution in [0.2, 0.25) is 0 Å². The maximum absolute atomic E-state index is 12.6. The van der Waals surface area contributed by atoms with Crippen LogP contribution in [0.25, 0.3) is 11.2 Å². The summed E-state index contributed by atoms with van der Waals surface area (Å²) in [6.07, 6.45) is 1.04. The molecule has 172 valence electrons. The van der Waals surface area contributed by atoms with Crippen molar-refractivity contribution in [1.82, 2.24) is 24.4 Å². The zero-order valence-corrected chi connectivity index (χ0v) is 17.9. The number of hydrogen-bond acceptors (Lipinski definition) is 9. The van der Waals surface area contributed by atoms with Gasteiger partial charge in [-0.2, -0.15) is 0 Å². The molecular weight excluding hydrogens is 436 g/mol. The van der Waals surface area contributed by atoms with Crippen molar-refractivity contribution in [2.24, 2.45) is 14.1 Å². The second-order valence-corrected chi connectivity index (χ2v) is 6.87. The van der Waals surface area contributed by atoms with Crippen LogP contribution in [0.5, 0.6) is 0 Å². The summed E-state index contributed by atoms with van der Waals surface area (Å²) in [6, 6.07) is 4.63. The number of aliphatic hydroxyl groups excluding tert-OH is 1. The second kappa shape index (κ2) is 9.40. The Labute approximate surface area is 185 Å². The number of aliphatic hydroxyl groups is 1. The number of ether oxygens (including phenoxy) is 1. The third-order valence-corrected chi connectivity index (χ3v) is 4.78. The van der Waals surface area contributed by atoms with Gasteiger partial charge in [0.25, 0.3) is 11.5 Å². The quantitative estimate of drug-likeness (QED) is 0.375. The van der Waals surface area contributed by atoms with Crippen LogP contribution in [0.4, 0.5) is 5.69 Å². The van der Waals surface area contributed by atoms with Crippen LogP contribution in [0.1, 0.15) is 20.8 Å². The molecule has 2 aromatic heterocycles. The lowest BCUT2D eigenvalue weighted by Crippen LogP contribution is -2.46. The second-order valence-electron chi connectivity index (χ2n) is 6.87. The molecule has 2 amide bonds. The highest BCUT2D eigenvalue weighted by Gasteiger charge is 2.24. The molecule has 0 saturated heterocycles. The lowest BCUT2D eigenvalue weighted by Gasteiger charge is -2.17. The fourth-order valence-electron chi connectivity index (χ4n) is 2.97. The highest BCUT2D eigenvalue weighted by molar-refractivity contribution is 6.04. The number of hydrogen-bond donors (Lipinski definition) is 3. The van der Waals surface area contributed by atoms with Gasteiger partial charge in [0.1, 0.15) is 11.7 Å². The molecule has 3 aromatic rings. The van der Waals surface area contributed by atoms with Gasteiger partial charge >= 0.3 is 11.7 Å². The summed E-state index contributed by atoms with van der Waals surface area (Å²) in [4.78, 5) is 69.4. The molecule has 1 atom stereocenters. The van der Waals surface area contributed by atoms with E-state index in [0.29, 0.717) is 0 Å². The molecule has 33 heavy (non-hydrogen) atoms. The van der Waals surface area contributed by atoms with Crippen molar-refractivity contribution < 1.29 is 24.2 Å². The molecule has 3 N–H and O–H groups in total. The van der Waals surface area contributed by atoms with Gasteiger partial charge in [-0.25, -0.2) is 19.6 Å². The number of aryl methyl sites for hydroxylation is 1. The first-order chi connectivity index (χ1) is 15.7. The summed E-state index contributed by atoms with van der Waals surface area (Å²) in [6.45, 7) is -0.769. The van der Waals surface area contributed by atoms with Crippen LogP contribution >= 0.6 is 0 Å². The van der Waals surface area contributed by atoms with Crippen molar-refractivity contribution in [3.05, 3.63) is 62.6 Å². The normalized spacial score (nSPS) is 11.6. The van der Waals surface area contributed by atoms with Crippen LogP contribution in [-0.2, 0) is 23.6 Å². The highest BCUT2D eigenvalue weighted by Crippen LogP contribution is 2.16. The van der Waals surface area contributed by atoms with Crippen LogP contribution in [0, 0.1) is 0 Å². The Morgan fingerprint density at radius 2 is 1.85 bits per heavy atom. The summed E-state index contributed by atoms with van der Waals surface area (Å²) in [7, 11) is 3.85. The third kappa shape index (κ3) is 4.48. The minimum Gasteiger partial charge on any atom is -0.465 e. The molecule has 1 aromatic carbocycles. The van der Waals surface area contributed by atoms with Gasteiger partial charge in [0.15, 0.2) is 11.2 Å². The molecular formula is C20H20N6O7. The Morgan fingerprint density at radius 3 is 2.52 bits per heavy atom. The van der Waals surface area contributed by atoms with E-state index in [1.807, 2.05) is 0 Å². The molecule has 0 unspecified atom stereocenters. The fraction of sp³-hybridized carbons (Fsp3) is 0.250.